The van der Waals surface area contributed by atoms with Gasteiger partial charge in [0.25, 0.3) is 5.69 Å². The number of aliphatic carboxylic acids is 1. The number of rotatable bonds is 11. The molecular weight excluding hydrogens is 426 g/mol. The second-order valence-electron chi connectivity index (χ2n) is 6.94. The van der Waals surface area contributed by atoms with E-state index in [-0.39, 0.29) is 18.5 Å². The molecule has 0 spiro atoms. The SMILES string of the molecule is C[C@H](NC(=O)[C@H](C)NC(=O)[C@@H](C)NC(=O)CCC(=O)O)C(=O)Nc1ccc([N+](=O)[O-])cc1. The minimum absolute atomic E-state index is 0.138. The average molecular weight is 451 g/mol. The molecule has 3 atom stereocenters. The summed E-state index contributed by atoms with van der Waals surface area (Å²) in [5.41, 5.74) is 0.164. The lowest BCUT2D eigenvalue weighted by molar-refractivity contribution is -0.384. The Balaban J connectivity index is 2.51. The first-order valence-corrected chi connectivity index (χ1v) is 9.58. The second kappa shape index (κ2) is 12.0. The van der Waals surface area contributed by atoms with Crippen LogP contribution in [0.5, 0.6) is 0 Å². The molecule has 0 unspecified atom stereocenters. The molecule has 13 nitrogen and oxygen atoms in total. The number of carboxylic acids is 1. The van der Waals surface area contributed by atoms with Crippen molar-refractivity contribution in [2.75, 3.05) is 5.32 Å². The van der Waals surface area contributed by atoms with Crippen molar-refractivity contribution in [2.24, 2.45) is 0 Å². The van der Waals surface area contributed by atoms with Crippen LogP contribution in [0.25, 0.3) is 0 Å². The molecule has 0 fully saturated rings. The molecular formula is C19H25N5O8. The molecule has 4 amide bonds. The van der Waals surface area contributed by atoms with E-state index in [0.29, 0.717) is 5.69 Å². The second-order valence-corrected chi connectivity index (χ2v) is 6.94. The van der Waals surface area contributed by atoms with Crippen LogP contribution >= 0.6 is 0 Å². The summed E-state index contributed by atoms with van der Waals surface area (Å²) in [4.78, 5) is 68.7. The summed E-state index contributed by atoms with van der Waals surface area (Å²) in [5.74, 6) is -3.67. The Hall–Kier alpha value is -4.03. The zero-order chi connectivity index (χ0) is 24.4. The lowest BCUT2D eigenvalue weighted by atomic mass is 10.2. The summed E-state index contributed by atoms with van der Waals surface area (Å²) in [7, 11) is 0. The smallest absolute Gasteiger partial charge is 0.303 e. The largest absolute Gasteiger partial charge is 0.481 e. The Morgan fingerprint density at radius 1 is 0.844 bits per heavy atom. The first kappa shape index (κ1) is 26.0. The summed E-state index contributed by atoms with van der Waals surface area (Å²) in [5, 5.41) is 28.8. The highest BCUT2D eigenvalue weighted by Gasteiger charge is 2.24. The quantitative estimate of drug-likeness (QED) is 0.227. The summed E-state index contributed by atoms with van der Waals surface area (Å²) >= 11 is 0. The maximum Gasteiger partial charge on any atom is 0.303 e. The zero-order valence-electron chi connectivity index (χ0n) is 17.7. The first-order chi connectivity index (χ1) is 14.9. The number of benzene rings is 1. The van der Waals surface area contributed by atoms with Crippen LogP contribution in [-0.2, 0) is 24.0 Å². The van der Waals surface area contributed by atoms with Crippen molar-refractivity contribution >= 4 is 41.0 Å². The number of nitrogens with one attached hydrogen (secondary N) is 4. The fourth-order valence-corrected chi connectivity index (χ4v) is 2.32. The van der Waals surface area contributed by atoms with Gasteiger partial charge in [-0.2, -0.15) is 0 Å². The van der Waals surface area contributed by atoms with Gasteiger partial charge in [0.15, 0.2) is 0 Å². The van der Waals surface area contributed by atoms with Gasteiger partial charge in [0, 0.05) is 24.2 Å². The van der Waals surface area contributed by atoms with Crippen LogP contribution in [0.15, 0.2) is 24.3 Å². The van der Waals surface area contributed by atoms with Crippen molar-refractivity contribution in [3.05, 3.63) is 34.4 Å². The molecule has 0 heterocycles. The van der Waals surface area contributed by atoms with Crippen molar-refractivity contribution in [3.8, 4) is 0 Å². The van der Waals surface area contributed by atoms with Gasteiger partial charge >= 0.3 is 5.97 Å². The number of carboxylic acid groups (broad SMARTS) is 1. The van der Waals surface area contributed by atoms with Crippen molar-refractivity contribution in [1.29, 1.82) is 0 Å². The Kier molecular flexibility index (Phi) is 9.73. The number of hydrogen-bond acceptors (Lipinski definition) is 7. The Morgan fingerprint density at radius 2 is 1.31 bits per heavy atom. The van der Waals surface area contributed by atoms with Crippen molar-refractivity contribution < 1.29 is 34.0 Å². The van der Waals surface area contributed by atoms with Crippen LogP contribution in [-0.4, -0.2) is 57.8 Å². The third kappa shape index (κ3) is 8.77. The van der Waals surface area contributed by atoms with Crippen molar-refractivity contribution in [1.82, 2.24) is 16.0 Å². The number of nitrogens with zero attached hydrogens (tertiary/aromatic N) is 1. The van der Waals surface area contributed by atoms with Gasteiger partial charge in [-0.25, -0.2) is 0 Å². The standard InChI is InChI=1S/C19H25N5O8/c1-10(20-15(25)8-9-16(26)27)17(28)21-11(2)18(29)22-12(3)19(30)23-13-4-6-14(7-5-13)24(31)32/h4-7,10-12H,8-9H2,1-3H3,(H,20,25)(H,21,28)(H,22,29)(H,23,30)(H,26,27)/t10-,11+,12+/m1/s1. The summed E-state index contributed by atoms with van der Waals surface area (Å²) < 4.78 is 0. The number of nitro groups is 1. The monoisotopic (exact) mass is 451 g/mol. The van der Waals surface area contributed by atoms with E-state index in [4.69, 9.17) is 5.11 Å². The van der Waals surface area contributed by atoms with E-state index in [1.54, 1.807) is 0 Å². The van der Waals surface area contributed by atoms with Crippen LogP contribution in [0, 0.1) is 10.1 Å². The Labute approximate surface area is 183 Å². The minimum Gasteiger partial charge on any atom is -0.481 e. The minimum atomic E-state index is -1.14. The molecule has 0 saturated heterocycles. The predicted molar refractivity (Wildman–Crippen MR) is 111 cm³/mol. The molecule has 174 valence electrons. The highest BCUT2D eigenvalue weighted by atomic mass is 16.6. The van der Waals surface area contributed by atoms with Gasteiger partial charge in [-0.1, -0.05) is 0 Å². The first-order valence-electron chi connectivity index (χ1n) is 9.58. The van der Waals surface area contributed by atoms with Crippen molar-refractivity contribution in [2.45, 2.75) is 51.7 Å². The molecule has 0 saturated carbocycles. The van der Waals surface area contributed by atoms with Crippen LogP contribution in [0.1, 0.15) is 33.6 Å². The molecule has 32 heavy (non-hydrogen) atoms. The van der Waals surface area contributed by atoms with Crippen LogP contribution < -0.4 is 21.3 Å². The van der Waals surface area contributed by atoms with E-state index in [1.165, 1.54) is 45.0 Å². The normalized spacial score (nSPS) is 13.1. The lowest BCUT2D eigenvalue weighted by Crippen LogP contribution is -2.54. The Morgan fingerprint density at radius 3 is 1.78 bits per heavy atom. The molecule has 0 aromatic heterocycles. The fourth-order valence-electron chi connectivity index (χ4n) is 2.32. The number of non-ortho nitro benzene ring substituents is 1. The number of carbonyl (C=O) groups excluding carboxylic acids is 4. The molecule has 5 N–H and O–H groups in total. The van der Waals surface area contributed by atoms with Crippen LogP contribution in [0.4, 0.5) is 11.4 Å². The molecule has 1 rings (SSSR count). The van der Waals surface area contributed by atoms with Gasteiger partial charge in [-0.15, -0.1) is 0 Å². The topological polar surface area (TPSA) is 197 Å². The van der Waals surface area contributed by atoms with Gasteiger partial charge in [0.1, 0.15) is 18.1 Å². The third-order valence-electron chi connectivity index (χ3n) is 4.19. The Bertz CT molecular complexity index is 886. The number of anilines is 1. The van der Waals surface area contributed by atoms with E-state index in [2.05, 4.69) is 21.3 Å². The van der Waals surface area contributed by atoms with E-state index < -0.39 is 52.6 Å². The lowest BCUT2D eigenvalue weighted by Gasteiger charge is -2.20. The number of nitro benzene ring substituents is 1. The molecule has 0 aliphatic rings. The summed E-state index contributed by atoms with van der Waals surface area (Å²) in [6, 6.07) is 2.12. The van der Waals surface area contributed by atoms with E-state index in [9.17, 15) is 34.1 Å². The molecule has 0 aliphatic carbocycles. The zero-order valence-corrected chi connectivity index (χ0v) is 17.7. The number of hydrogen-bond donors (Lipinski definition) is 5. The molecule has 1 aromatic rings. The number of amides is 4. The highest BCUT2D eigenvalue weighted by Crippen LogP contribution is 2.15. The maximum atomic E-state index is 12.3. The van der Waals surface area contributed by atoms with Crippen LogP contribution in [0.3, 0.4) is 0 Å². The number of carbonyl (C=O) groups is 5. The highest BCUT2D eigenvalue weighted by molar-refractivity contribution is 5.98. The van der Waals surface area contributed by atoms with Crippen LogP contribution in [0.2, 0.25) is 0 Å². The average Bonchev–Trinajstić information content (AvgIpc) is 2.72. The molecule has 0 bridgehead atoms. The predicted octanol–water partition coefficient (Wildman–Crippen LogP) is -0.0878. The van der Waals surface area contributed by atoms with E-state index >= 15 is 0 Å². The molecule has 0 radical (unpaired) electrons. The van der Waals surface area contributed by atoms with Gasteiger partial charge in [0.05, 0.1) is 11.3 Å². The summed E-state index contributed by atoms with van der Waals surface area (Å²) in [6.45, 7) is 4.17. The third-order valence-corrected chi connectivity index (χ3v) is 4.19. The fraction of sp³-hybridized carbons (Fsp3) is 0.421. The van der Waals surface area contributed by atoms with Gasteiger partial charge < -0.3 is 26.4 Å². The van der Waals surface area contributed by atoms with Gasteiger partial charge in [0.2, 0.25) is 23.6 Å². The van der Waals surface area contributed by atoms with Crippen molar-refractivity contribution in [3.63, 3.8) is 0 Å². The molecule has 1 aromatic carbocycles. The molecule has 0 aliphatic heterocycles. The van der Waals surface area contributed by atoms with Gasteiger partial charge in [-0.3, -0.25) is 34.1 Å². The van der Waals surface area contributed by atoms with E-state index in [0.717, 1.165) is 0 Å². The van der Waals surface area contributed by atoms with E-state index in [1.807, 2.05) is 0 Å². The van der Waals surface area contributed by atoms with Gasteiger partial charge in [-0.05, 0) is 32.9 Å². The summed E-state index contributed by atoms with van der Waals surface area (Å²) in [6.07, 6.45) is -0.664. The maximum absolute atomic E-state index is 12.3. The molecule has 13 heteroatoms.